The van der Waals surface area contributed by atoms with E-state index in [-0.39, 0.29) is 17.7 Å². The van der Waals surface area contributed by atoms with Crippen molar-refractivity contribution in [3.05, 3.63) is 0 Å². The average molecular weight is 283 g/mol. The Kier molecular flexibility index (Phi) is 7.63. The van der Waals surface area contributed by atoms with E-state index in [1.54, 1.807) is 0 Å². The van der Waals surface area contributed by atoms with Crippen LogP contribution >= 0.6 is 0 Å². The Hall–Kier alpha value is -1.06. The molecule has 0 bridgehead atoms. The number of rotatable bonds is 8. The van der Waals surface area contributed by atoms with Gasteiger partial charge in [0, 0.05) is 18.4 Å². The van der Waals surface area contributed by atoms with Gasteiger partial charge in [0.15, 0.2) is 0 Å². The molecule has 1 fully saturated rings. The van der Waals surface area contributed by atoms with Crippen molar-refractivity contribution in [2.45, 2.75) is 77.6 Å². The van der Waals surface area contributed by atoms with Gasteiger partial charge >= 0.3 is 5.97 Å². The van der Waals surface area contributed by atoms with E-state index in [4.69, 9.17) is 5.11 Å². The second-order valence-corrected chi connectivity index (χ2v) is 6.29. The summed E-state index contributed by atoms with van der Waals surface area (Å²) in [4.78, 5) is 22.6. The molecule has 4 nitrogen and oxygen atoms in total. The van der Waals surface area contributed by atoms with E-state index in [0.717, 1.165) is 45.1 Å². The van der Waals surface area contributed by atoms with Gasteiger partial charge in [-0.3, -0.25) is 9.59 Å². The van der Waals surface area contributed by atoms with Gasteiger partial charge in [0.1, 0.15) is 0 Å². The Balaban J connectivity index is 2.11. The van der Waals surface area contributed by atoms with Gasteiger partial charge in [-0.1, -0.05) is 45.4 Å². The number of hydrogen-bond acceptors (Lipinski definition) is 2. The Morgan fingerprint density at radius 3 is 2.20 bits per heavy atom. The first-order valence-corrected chi connectivity index (χ1v) is 8.05. The molecule has 0 aromatic heterocycles. The van der Waals surface area contributed by atoms with Gasteiger partial charge in [0.2, 0.25) is 5.91 Å². The predicted molar refractivity (Wildman–Crippen MR) is 79.5 cm³/mol. The lowest BCUT2D eigenvalue weighted by atomic mass is 9.81. The molecule has 0 aromatic rings. The van der Waals surface area contributed by atoms with Gasteiger partial charge in [0.25, 0.3) is 0 Å². The normalized spacial score (nSPS) is 18.2. The Labute approximate surface area is 122 Å². The smallest absolute Gasteiger partial charge is 0.303 e. The number of amides is 1. The number of unbranched alkanes of at least 4 members (excludes halogenated alkanes) is 3. The highest BCUT2D eigenvalue weighted by Gasteiger charge is 2.32. The Bertz CT molecular complexity index is 307. The molecule has 1 rings (SSSR count). The van der Waals surface area contributed by atoms with Crippen LogP contribution in [-0.4, -0.2) is 23.5 Å². The highest BCUT2D eigenvalue weighted by atomic mass is 16.4. The first-order valence-electron chi connectivity index (χ1n) is 8.05. The number of carbonyl (C=O) groups excluding carboxylic acids is 1. The number of carboxylic acid groups (broad SMARTS) is 1. The zero-order chi connectivity index (χ0) is 14.8. The minimum atomic E-state index is -0.723. The molecule has 1 amide bonds. The van der Waals surface area contributed by atoms with Crippen molar-refractivity contribution in [2.75, 3.05) is 6.54 Å². The van der Waals surface area contributed by atoms with Gasteiger partial charge in [-0.25, -0.2) is 0 Å². The summed E-state index contributed by atoms with van der Waals surface area (Å²) in [6, 6.07) is 0. The lowest BCUT2D eigenvalue weighted by Gasteiger charge is -2.26. The van der Waals surface area contributed by atoms with Crippen molar-refractivity contribution in [1.29, 1.82) is 0 Å². The van der Waals surface area contributed by atoms with Crippen LogP contribution in [0.15, 0.2) is 0 Å². The third-order valence-electron chi connectivity index (χ3n) is 4.36. The molecular formula is C16H29NO3. The van der Waals surface area contributed by atoms with E-state index in [9.17, 15) is 9.59 Å². The van der Waals surface area contributed by atoms with E-state index < -0.39 is 5.97 Å². The minimum Gasteiger partial charge on any atom is -0.481 e. The number of aliphatic carboxylic acids is 1. The van der Waals surface area contributed by atoms with Crippen molar-refractivity contribution in [3.8, 4) is 0 Å². The molecule has 1 aliphatic rings. The largest absolute Gasteiger partial charge is 0.481 e. The monoisotopic (exact) mass is 283 g/mol. The summed E-state index contributed by atoms with van der Waals surface area (Å²) in [5, 5.41) is 11.6. The molecule has 0 atom stereocenters. The van der Waals surface area contributed by atoms with Crippen LogP contribution in [0, 0.1) is 5.41 Å². The summed E-state index contributed by atoms with van der Waals surface area (Å²) in [6.45, 7) is 2.82. The van der Waals surface area contributed by atoms with Crippen LogP contribution in [-0.2, 0) is 9.59 Å². The summed E-state index contributed by atoms with van der Waals surface area (Å²) >= 11 is 0. The molecule has 2 N–H and O–H groups in total. The third kappa shape index (κ3) is 6.40. The van der Waals surface area contributed by atoms with Crippen LogP contribution in [0.5, 0.6) is 0 Å². The van der Waals surface area contributed by atoms with E-state index >= 15 is 0 Å². The molecule has 116 valence electrons. The summed E-state index contributed by atoms with van der Waals surface area (Å²) < 4.78 is 0. The van der Waals surface area contributed by atoms with Crippen LogP contribution in [0.2, 0.25) is 0 Å². The maximum atomic E-state index is 12.3. The van der Waals surface area contributed by atoms with Crippen molar-refractivity contribution >= 4 is 11.9 Å². The standard InChI is InChI=1S/C16H29NO3/c1-16(11-7-3-4-8-12-16)15(20)17-13-9-5-2-6-10-14(18)19/h2-13H2,1H3,(H,17,20)(H,18,19). The van der Waals surface area contributed by atoms with E-state index in [1.165, 1.54) is 25.7 Å². The van der Waals surface area contributed by atoms with Gasteiger partial charge in [-0.15, -0.1) is 0 Å². The summed E-state index contributed by atoms with van der Waals surface area (Å²) in [6.07, 6.45) is 10.7. The van der Waals surface area contributed by atoms with Crippen molar-refractivity contribution in [1.82, 2.24) is 5.32 Å². The van der Waals surface area contributed by atoms with Crippen molar-refractivity contribution in [2.24, 2.45) is 5.41 Å². The third-order valence-corrected chi connectivity index (χ3v) is 4.36. The van der Waals surface area contributed by atoms with Crippen LogP contribution in [0.3, 0.4) is 0 Å². The number of hydrogen-bond donors (Lipinski definition) is 2. The molecule has 0 aromatic carbocycles. The predicted octanol–water partition coefficient (Wildman–Crippen LogP) is 3.50. The molecule has 0 saturated heterocycles. The summed E-state index contributed by atoms with van der Waals surface area (Å²) in [5.74, 6) is -0.510. The van der Waals surface area contributed by atoms with Crippen LogP contribution in [0.4, 0.5) is 0 Å². The first kappa shape index (κ1) is 17.0. The number of nitrogens with one attached hydrogen (secondary N) is 1. The van der Waals surface area contributed by atoms with E-state index in [1.807, 2.05) is 0 Å². The quantitative estimate of drug-likeness (QED) is 0.529. The topological polar surface area (TPSA) is 66.4 Å². The molecule has 0 unspecified atom stereocenters. The second kappa shape index (κ2) is 8.98. The van der Waals surface area contributed by atoms with Crippen LogP contribution in [0.25, 0.3) is 0 Å². The van der Waals surface area contributed by atoms with Gasteiger partial charge < -0.3 is 10.4 Å². The molecule has 20 heavy (non-hydrogen) atoms. The summed E-state index contributed by atoms with van der Waals surface area (Å²) in [5.41, 5.74) is -0.167. The van der Waals surface area contributed by atoms with Gasteiger partial charge in [-0.05, 0) is 25.7 Å². The summed E-state index contributed by atoms with van der Waals surface area (Å²) in [7, 11) is 0. The fourth-order valence-corrected chi connectivity index (χ4v) is 2.91. The maximum absolute atomic E-state index is 12.3. The molecular weight excluding hydrogens is 254 g/mol. The van der Waals surface area contributed by atoms with Gasteiger partial charge in [-0.2, -0.15) is 0 Å². The zero-order valence-corrected chi connectivity index (χ0v) is 12.7. The van der Waals surface area contributed by atoms with Crippen LogP contribution in [0.1, 0.15) is 77.6 Å². The lowest BCUT2D eigenvalue weighted by molar-refractivity contribution is -0.137. The van der Waals surface area contributed by atoms with Crippen molar-refractivity contribution < 1.29 is 14.7 Å². The maximum Gasteiger partial charge on any atom is 0.303 e. The SMILES string of the molecule is CC1(C(=O)NCCCCCCC(=O)O)CCCCCC1. The fourth-order valence-electron chi connectivity index (χ4n) is 2.91. The molecule has 0 aliphatic heterocycles. The van der Waals surface area contributed by atoms with E-state index in [0.29, 0.717) is 0 Å². The molecule has 0 spiro atoms. The van der Waals surface area contributed by atoms with E-state index in [2.05, 4.69) is 12.2 Å². The highest BCUT2D eigenvalue weighted by molar-refractivity contribution is 5.82. The highest BCUT2D eigenvalue weighted by Crippen LogP contribution is 2.34. The second-order valence-electron chi connectivity index (χ2n) is 6.29. The fraction of sp³-hybridized carbons (Fsp3) is 0.875. The molecule has 1 saturated carbocycles. The number of carbonyl (C=O) groups is 2. The zero-order valence-electron chi connectivity index (χ0n) is 12.7. The Morgan fingerprint density at radius 2 is 1.60 bits per heavy atom. The molecule has 4 heteroatoms. The molecule has 1 aliphatic carbocycles. The van der Waals surface area contributed by atoms with Crippen molar-refractivity contribution in [3.63, 3.8) is 0 Å². The first-order chi connectivity index (χ1) is 9.54. The lowest BCUT2D eigenvalue weighted by Crippen LogP contribution is -2.39. The Morgan fingerprint density at radius 1 is 1.00 bits per heavy atom. The average Bonchev–Trinajstić information content (AvgIpc) is 2.63. The molecule has 0 heterocycles. The van der Waals surface area contributed by atoms with Gasteiger partial charge in [0.05, 0.1) is 0 Å². The van der Waals surface area contributed by atoms with Crippen LogP contribution < -0.4 is 5.32 Å². The minimum absolute atomic E-state index is 0.167. The number of carboxylic acids is 1. The molecule has 0 radical (unpaired) electrons.